The largest absolute Gasteiger partial charge is 0.476 e. The van der Waals surface area contributed by atoms with Crippen LogP contribution in [0, 0.1) is 0 Å². The Hall–Kier alpha value is -1.10. The molecule has 0 unspecified atom stereocenters. The van der Waals surface area contributed by atoms with Gasteiger partial charge in [-0.2, -0.15) is 0 Å². The molecule has 1 aliphatic carbocycles. The molecule has 2 rings (SSSR count). The Morgan fingerprint density at radius 2 is 2.33 bits per heavy atom. The summed E-state index contributed by atoms with van der Waals surface area (Å²) in [6, 6.07) is 0. The second kappa shape index (κ2) is 2.45. The van der Waals surface area contributed by atoms with Gasteiger partial charge in [-0.25, -0.2) is 9.78 Å². The second-order valence-electron chi connectivity index (χ2n) is 2.84. The summed E-state index contributed by atoms with van der Waals surface area (Å²) in [5.41, 5.74) is 5.58. The number of carboxylic acid groups (broad SMARTS) is 1. The SMILES string of the molecule is Nc1nc(C(=O)O)c(C2CC2)s1. The third-order valence-corrected chi connectivity index (χ3v) is 2.87. The van der Waals surface area contributed by atoms with E-state index in [4.69, 9.17) is 10.8 Å². The third kappa shape index (κ3) is 1.16. The molecule has 1 aromatic heterocycles. The van der Waals surface area contributed by atoms with E-state index in [1.165, 1.54) is 11.3 Å². The van der Waals surface area contributed by atoms with Crippen molar-refractivity contribution in [2.75, 3.05) is 5.73 Å². The molecule has 1 heterocycles. The van der Waals surface area contributed by atoms with Gasteiger partial charge in [0.2, 0.25) is 0 Å². The van der Waals surface area contributed by atoms with Crippen molar-refractivity contribution in [2.24, 2.45) is 0 Å². The Bertz CT molecular complexity index is 330. The van der Waals surface area contributed by atoms with Crippen LogP contribution >= 0.6 is 11.3 Å². The van der Waals surface area contributed by atoms with Gasteiger partial charge in [-0.15, -0.1) is 11.3 Å². The fourth-order valence-electron chi connectivity index (χ4n) is 1.12. The second-order valence-corrected chi connectivity index (χ2v) is 3.91. The number of aromatic nitrogens is 1. The maximum Gasteiger partial charge on any atom is 0.355 e. The van der Waals surface area contributed by atoms with Gasteiger partial charge in [0.1, 0.15) is 0 Å². The van der Waals surface area contributed by atoms with Crippen molar-refractivity contribution < 1.29 is 9.90 Å². The number of hydrogen-bond acceptors (Lipinski definition) is 4. The monoisotopic (exact) mass is 184 g/mol. The minimum atomic E-state index is -0.968. The molecular weight excluding hydrogens is 176 g/mol. The zero-order valence-corrected chi connectivity index (χ0v) is 7.10. The fourth-order valence-corrected chi connectivity index (χ4v) is 2.12. The van der Waals surface area contributed by atoms with E-state index in [-0.39, 0.29) is 5.69 Å². The van der Waals surface area contributed by atoms with Gasteiger partial charge in [-0.1, -0.05) is 0 Å². The lowest BCUT2D eigenvalue weighted by atomic mass is 10.3. The maximum atomic E-state index is 10.7. The van der Waals surface area contributed by atoms with Crippen molar-refractivity contribution in [1.82, 2.24) is 4.98 Å². The highest BCUT2D eigenvalue weighted by molar-refractivity contribution is 7.15. The van der Waals surface area contributed by atoms with Crippen LogP contribution in [-0.4, -0.2) is 16.1 Å². The Kier molecular flexibility index (Phi) is 1.54. The topological polar surface area (TPSA) is 76.2 Å². The van der Waals surface area contributed by atoms with Crippen molar-refractivity contribution in [3.05, 3.63) is 10.6 Å². The molecule has 0 saturated heterocycles. The van der Waals surface area contributed by atoms with E-state index >= 15 is 0 Å². The van der Waals surface area contributed by atoms with Gasteiger partial charge in [0.05, 0.1) is 0 Å². The van der Waals surface area contributed by atoms with Gasteiger partial charge in [-0.3, -0.25) is 0 Å². The third-order valence-electron chi connectivity index (χ3n) is 1.82. The van der Waals surface area contributed by atoms with Crippen molar-refractivity contribution in [3.8, 4) is 0 Å². The van der Waals surface area contributed by atoms with Gasteiger partial charge in [0, 0.05) is 4.88 Å². The molecule has 0 amide bonds. The molecule has 12 heavy (non-hydrogen) atoms. The molecular formula is C7H8N2O2S. The number of nitrogens with two attached hydrogens (primary N) is 1. The highest BCUT2D eigenvalue weighted by Gasteiger charge is 2.31. The lowest BCUT2D eigenvalue weighted by molar-refractivity contribution is 0.0690. The lowest BCUT2D eigenvalue weighted by Crippen LogP contribution is -2.00. The van der Waals surface area contributed by atoms with E-state index in [2.05, 4.69) is 4.98 Å². The van der Waals surface area contributed by atoms with Gasteiger partial charge in [-0.05, 0) is 18.8 Å². The number of nitrogen functional groups attached to an aromatic ring is 1. The predicted molar refractivity (Wildman–Crippen MR) is 45.5 cm³/mol. The Labute approximate surface area is 73.0 Å². The molecule has 5 heteroatoms. The quantitative estimate of drug-likeness (QED) is 0.726. The van der Waals surface area contributed by atoms with Crippen LogP contribution in [0.5, 0.6) is 0 Å². The predicted octanol–water partition coefficient (Wildman–Crippen LogP) is 1.30. The molecule has 0 aromatic carbocycles. The van der Waals surface area contributed by atoms with Crippen LogP contribution in [0.2, 0.25) is 0 Å². The van der Waals surface area contributed by atoms with E-state index in [0.29, 0.717) is 11.0 Å². The van der Waals surface area contributed by atoms with Crippen molar-refractivity contribution in [2.45, 2.75) is 18.8 Å². The number of carbonyl (C=O) groups is 1. The first-order valence-corrected chi connectivity index (χ1v) is 4.49. The zero-order valence-electron chi connectivity index (χ0n) is 6.28. The molecule has 4 nitrogen and oxygen atoms in total. The van der Waals surface area contributed by atoms with E-state index in [0.717, 1.165) is 17.7 Å². The number of carboxylic acids is 1. The minimum absolute atomic E-state index is 0.153. The first kappa shape index (κ1) is 7.54. The Morgan fingerprint density at radius 3 is 2.83 bits per heavy atom. The number of anilines is 1. The van der Waals surface area contributed by atoms with Crippen molar-refractivity contribution in [3.63, 3.8) is 0 Å². The highest BCUT2D eigenvalue weighted by atomic mass is 32.1. The highest BCUT2D eigenvalue weighted by Crippen LogP contribution is 2.44. The molecule has 0 atom stereocenters. The summed E-state index contributed by atoms with van der Waals surface area (Å²) in [4.78, 5) is 15.3. The summed E-state index contributed by atoms with van der Waals surface area (Å²) >= 11 is 1.30. The minimum Gasteiger partial charge on any atom is -0.476 e. The normalized spacial score (nSPS) is 16.3. The number of hydrogen-bond donors (Lipinski definition) is 2. The van der Waals surface area contributed by atoms with Crippen LogP contribution in [0.15, 0.2) is 0 Å². The molecule has 1 aliphatic rings. The fraction of sp³-hybridized carbons (Fsp3) is 0.429. The Balaban J connectivity index is 2.43. The average Bonchev–Trinajstić information content (AvgIpc) is 2.75. The summed E-state index contributed by atoms with van der Waals surface area (Å²) in [6.07, 6.45) is 2.14. The number of nitrogens with zero attached hydrogens (tertiary/aromatic N) is 1. The maximum absolute atomic E-state index is 10.7. The van der Waals surface area contributed by atoms with E-state index in [9.17, 15) is 4.79 Å². The van der Waals surface area contributed by atoms with E-state index in [1.807, 2.05) is 0 Å². The van der Waals surface area contributed by atoms with E-state index < -0.39 is 5.97 Å². The summed E-state index contributed by atoms with van der Waals surface area (Å²) < 4.78 is 0. The number of thiazole rings is 1. The van der Waals surface area contributed by atoms with Crippen LogP contribution in [0.4, 0.5) is 5.13 Å². The van der Waals surface area contributed by atoms with Gasteiger partial charge in [0.15, 0.2) is 10.8 Å². The smallest absolute Gasteiger partial charge is 0.355 e. The molecule has 1 fully saturated rings. The van der Waals surface area contributed by atoms with Gasteiger partial charge >= 0.3 is 5.97 Å². The first-order valence-electron chi connectivity index (χ1n) is 3.68. The lowest BCUT2D eigenvalue weighted by Gasteiger charge is -1.91. The summed E-state index contributed by atoms with van der Waals surface area (Å²) in [6.45, 7) is 0. The van der Waals surface area contributed by atoms with Crippen molar-refractivity contribution in [1.29, 1.82) is 0 Å². The first-order chi connectivity index (χ1) is 5.68. The molecule has 0 bridgehead atoms. The molecule has 0 radical (unpaired) electrons. The van der Waals surface area contributed by atoms with Crippen LogP contribution in [0.1, 0.15) is 34.1 Å². The zero-order chi connectivity index (χ0) is 8.72. The van der Waals surface area contributed by atoms with Crippen LogP contribution in [-0.2, 0) is 0 Å². The molecule has 1 aromatic rings. The average molecular weight is 184 g/mol. The summed E-state index contributed by atoms with van der Waals surface area (Å²) in [5, 5.41) is 9.10. The van der Waals surface area contributed by atoms with Crippen LogP contribution in [0.25, 0.3) is 0 Å². The van der Waals surface area contributed by atoms with Crippen LogP contribution in [0.3, 0.4) is 0 Å². The summed E-state index contributed by atoms with van der Waals surface area (Å²) in [7, 11) is 0. The molecule has 1 saturated carbocycles. The van der Waals surface area contributed by atoms with Gasteiger partial charge in [0.25, 0.3) is 0 Å². The standard InChI is InChI=1S/C7H8N2O2S/c8-7-9-4(6(10)11)5(12-7)3-1-2-3/h3H,1-2H2,(H2,8,9)(H,10,11). The molecule has 64 valence electrons. The molecule has 3 N–H and O–H groups in total. The van der Waals surface area contributed by atoms with Crippen molar-refractivity contribution >= 4 is 22.4 Å². The molecule has 0 aliphatic heterocycles. The van der Waals surface area contributed by atoms with Crippen LogP contribution < -0.4 is 5.73 Å². The summed E-state index contributed by atoms with van der Waals surface area (Å²) in [5.74, 6) is -0.559. The Morgan fingerprint density at radius 1 is 1.67 bits per heavy atom. The van der Waals surface area contributed by atoms with Gasteiger partial charge < -0.3 is 10.8 Å². The molecule has 0 spiro atoms. The van der Waals surface area contributed by atoms with E-state index in [1.54, 1.807) is 0 Å². The number of aromatic carboxylic acids is 1. The number of rotatable bonds is 2.